The second-order valence-corrected chi connectivity index (χ2v) is 7.93. The van der Waals surface area contributed by atoms with Gasteiger partial charge in [0.15, 0.2) is 0 Å². The molecule has 0 bridgehead atoms. The number of carbonyl (C=O) groups excluding carboxylic acids is 2. The van der Waals surface area contributed by atoms with E-state index in [2.05, 4.69) is 15.7 Å². The maximum atomic E-state index is 12.7. The maximum Gasteiger partial charge on any atom is 0.314 e. The first-order chi connectivity index (χ1) is 14.5. The largest absolute Gasteiger partial charge is 0.341 e. The molecule has 154 valence electrons. The lowest BCUT2D eigenvalue weighted by Crippen LogP contribution is -2.42. The predicted molar refractivity (Wildman–Crippen MR) is 116 cm³/mol. The highest BCUT2D eigenvalue weighted by molar-refractivity contribution is 6.39. The zero-order chi connectivity index (χ0) is 21.1. The van der Waals surface area contributed by atoms with Crippen LogP contribution < -0.4 is 10.6 Å². The van der Waals surface area contributed by atoms with Crippen molar-refractivity contribution in [1.29, 1.82) is 0 Å². The van der Waals surface area contributed by atoms with E-state index >= 15 is 0 Å². The number of nitrogens with one attached hydrogen (secondary N) is 2. The van der Waals surface area contributed by atoms with Crippen LogP contribution in [0.4, 0.5) is 5.82 Å². The van der Waals surface area contributed by atoms with Crippen LogP contribution in [0.25, 0.3) is 5.69 Å². The van der Waals surface area contributed by atoms with Crippen molar-refractivity contribution in [3.8, 4) is 5.69 Å². The van der Waals surface area contributed by atoms with Crippen LogP contribution in [0.3, 0.4) is 0 Å². The van der Waals surface area contributed by atoms with Crippen molar-refractivity contribution in [2.24, 2.45) is 5.92 Å². The molecule has 6 heteroatoms. The fourth-order valence-electron chi connectivity index (χ4n) is 3.76. The van der Waals surface area contributed by atoms with Crippen molar-refractivity contribution < 1.29 is 9.59 Å². The van der Waals surface area contributed by atoms with E-state index in [0.29, 0.717) is 11.7 Å². The number of nitrogens with zero attached hydrogens (tertiary/aromatic N) is 2. The molecule has 1 aliphatic carbocycles. The first-order valence-electron chi connectivity index (χ1n) is 10.3. The van der Waals surface area contributed by atoms with Crippen molar-refractivity contribution in [2.75, 3.05) is 5.32 Å². The first-order valence-corrected chi connectivity index (χ1v) is 10.3. The fourth-order valence-corrected chi connectivity index (χ4v) is 3.76. The third kappa shape index (κ3) is 4.27. The minimum atomic E-state index is -0.691. The van der Waals surface area contributed by atoms with Gasteiger partial charge in [-0.05, 0) is 50.3 Å². The highest BCUT2D eigenvalue weighted by Gasteiger charge is 2.31. The Morgan fingerprint density at radius 2 is 1.70 bits per heavy atom. The normalized spacial score (nSPS) is 14.6. The van der Waals surface area contributed by atoms with Gasteiger partial charge in [-0.1, -0.05) is 54.4 Å². The highest BCUT2D eigenvalue weighted by Crippen LogP contribution is 2.37. The van der Waals surface area contributed by atoms with Crippen LogP contribution in [-0.4, -0.2) is 21.6 Å². The number of hydrogen-bond acceptors (Lipinski definition) is 3. The predicted octanol–water partition coefficient (Wildman–Crippen LogP) is 4.09. The number of hydrogen-bond donors (Lipinski definition) is 2. The summed E-state index contributed by atoms with van der Waals surface area (Å²) in [5.74, 6) is -0.491. The third-order valence-electron chi connectivity index (χ3n) is 5.62. The molecule has 1 fully saturated rings. The minimum Gasteiger partial charge on any atom is -0.341 e. The van der Waals surface area contributed by atoms with Gasteiger partial charge in [0.1, 0.15) is 5.82 Å². The number of carbonyl (C=O) groups is 2. The lowest BCUT2D eigenvalue weighted by Gasteiger charge is -2.34. The number of benzene rings is 2. The summed E-state index contributed by atoms with van der Waals surface area (Å²) in [7, 11) is 0. The van der Waals surface area contributed by atoms with Gasteiger partial charge < -0.3 is 10.6 Å². The van der Waals surface area contributed by atoms with Gasteiger partial charge in [0.2, 0.25) is 0 Å². The second-order valence-electron chi connectivity index (χ2n) is 7.93. The quantitative estimate of drug-likeness (QED) is 0.631. The molecule has 0 saturated heterocycles. The van der Waals surface area contributed by atoms with Gasteiger partial charge in [-0.25, -0.2) is 4.68 Å². The minimum absolute atomic E-state index is 0.151. The molecule has 30 heavy (non-hydrogen) atoms. The molecular weight excluding hydrogens is 376 g/mol. The summed E-state index contributed by atoms with van der Waals surface area (Å²) in [4.78, 5) is 25.4. The summed E-state index contributed by atoms with van der Waals surface area (Å²) >= 11 is 0. The maximum absolute atomic E-state index is 12.7. The van der Waals surface area contributed by atoms with E-state index in [9.17, 15) is 9.59 Å². The first kappa shape index (κ1) is 19.9. The Morgan fingerprint density at radius 3 is 2.33 bits per heavy atom. The van der Waals surface area contributed by atoms with Crippen LogP contribution in [0.2, 0.25) is 0 Å². The average molecular weight is 402 g/mol. The molecule has 1 aliphatic rings. The zero-order valence-electron chi connectivity index (χ0n) is 17.3. The fraction of sp³-hybridized carbons (Fsp3) is 0.292. The monoisotopic (exact) mass is 402 g/mol. The van der Waals surface area contributed by atoms with Crippen molar-refractivity contribution >= 4 is 17.6 Å². The molecule has 0 radical (unpaired) electrons. The van der Waals surface area contributed by atoms with Crippen molar-refractivity contribution in [1.82, 2.24) is 15.1 Å². The molecule has 1 unspecified atom stereocenters. The van der Waals surface area contributed by atoms with Crippen molar-refractivity contribution in [3.63, 3.8) is 0 Å². The molecule has 1 heterocycles. The highest BCUT2D eigenvalue weighted by atomic mass is 16.2. The van der Waals surface area contributed by atoms with Crippen LogP contribution in [0, 0.1) is 19.8 Å². The summed E-state index contributed by atoms with van der Waals surface area (Å²) in [5.41, 5.74) is 3.74. The molecular formula is C24H26N4O2. The third-order valence-corrected chi connectivity index (χ3v) is 5.62. The number of aryl methyl sites for hydroxylation is 2. The molecule has 1 atom stereocenters. The van der Waals surface area contributed by atoms with Gasteiger partial charge in [-0.3, -0.25) is 9.59 Å². The molecule has 1 aromatic heterocycles. The molecule has 0 spiro atoms. The van der Waals surface area contributed by atoms with Crippen LogP contribution in [0.5, 0.6) is 0 Å². The number of anilines is 1. The van der Waals surface area contributed by atoms with Crippen LogP contribution in [-0.2, 0) is 9.59 Å². The topological polar surface area (TPSA) is 76.0 Å². The van der Waals surface area contributed by atoms with Gasteiger partial charge in [0.05, 0.1) is 17.4 Å². The van der Waals surface area contributed by atoms with E-state index in [1.807, 2.05) is 68.4 Å². The molecule has 2 aromatic carbocycles. The molecule has 6 nitrogen and oxygen atoms in total. The van der Waals surface area contributed by atoms with Crippen molar-refractivity contribution in [3.05, 3.63) is 77.5 Å². The Kier molecular flexibility index (Phi) is 5.65. The molecule has 2 N–H and O–H groups in total. The standard InChI is InChI=1S/C24H26N4O2/c1-16-11-13-20(14-12-16)28-21(15-17(2)27-28)25-23(29)24(30)26-22(19-9-6-10-19)18-7-4-3-5-8-18/h3-5,7-8,11-15,19,22H,6,9-10H2,1-2H3,(H,25,29)(H,26,30). The number of rotatable bonds is 5. The smallest absolute Gasteiger partial charge is 0.314 e. The van der Waals surface area contributed by atoms with Gasteiger partial charge in [-0.15, -0.1) is 0 Å². The lowest BCUT2D eigenvalue weighted by atomic mass is 9.77. The van der Waals surface area contributed by atoms with Crippen LogP contribution in [0.1, 0.15) is 42.1 Å². The molecule has 1 saturated carbocycles. The summed E-state index contributed by atoms with van der Waals surface area (Å²) in [5, 5.41) is 10.1. The lowest BCUT2D eigenvalue weighted by molar-refractivity contribution is -0.137. The van der Waals surface area contributed by atoms with Gasteiger partial charge >= 0.3 is 11.8 Å². The van der Waals surface area contributed by atoms with Gasteiger partial charge in [-0.2, -0.15) is 5.10 Å². The molecule has 0 aliphatic heterocycles. The summed E-state index contributed by atoms with van der Waals surface area (Å²) < 4.78 is 1.64. The Labute approximate surface area is 176 Å². The summed E-state index contributed by atoms with van der Waals surface area (Å²) in [6.45, 7) is 3.86. The Hall–Kier alpha value is -3.41. The molecule has 3 aromatic rings. The number of aromatic nitrogens is 2. The SMILES string of the molecule is Cc1ccc(-n2nc(C)cc2NC(=O)C(=O)NC(c2ccccc2)C2CCC2)cc1. The van der Waals surface area contributed by atoms with E-state index in [1.54, 1.807) is 10.7 Å². The Bertz CT molecular complexity index is 1040. The van der Waals surface area contributed by atoms with Gasteiger partial charge in [0.25, 0.3) is 0 Å². The van der Waals surface area contributed by atoms with E-state index in [0.717, 1.165) is 41.8 Å². The molecule has 2 amide bonds. The molecule has 4 rings (SSSR count). The van der Waals surface area contributed by atoms with Crippen LogP contribution in [0.15, 0.2) is 60.7 Å². The van der Waals surface area contributed by atoms with E-state index in [1.165, 1.54) is 0 Å². The number of amides is 2. The zero-order valence-corrected chi connectivity index (χ0v) is 17.3. The Balaban J connectivity index is 1.50. The van der Waals surface area contributed by atoms with Gasteiger partial charge in [0, 0.05) is 6.07 Å². The van der Waals surface area contributed by atoms with E-state index in [4.69, 9.17) is 0 Å². The Morgan fingerprint density at radius 1 is 1.00 bits per heavy atom. The van der Waals surface area contributed by atoms with E-state index < -0.39 is 11.8 Å². The van der Waals surface area contributed by atoms with Crippen LogP contribution >= 0.6 is 0 Å². The second kappa shape index (κ2) is 8.53. The summed E-state index contributed by atoms with van der Waals surface area (Å²) in [6.07, 6.45) is 3.27. The summed E-state index contributed by atoms with van der Waals surface area (Å²) in [6, 6.07) is 19.3. The van der Waals surface area contributed by atoms with Crippen molar-refractivity contribution in [2.45, 2.75) is 39.2 Å². The van der Waals surface area contributed by atoms with E-state index in [-0.39, 0.29) is 6.04 Å². The average Bonchev–Trinajstić information content (AvgIpc) is 3.07.